The molecular weight excluding hydrogens is 322 g/mol. The van der Waals surface area contributed by atoms with E-state index in [0.29, 0.717) is 23.6 Å². The standard InChI is InChI=1S/C18H27N3O4/c1-19-18(23)14(12-21-9-5-4-6-10-21)20-17(22)13-7-8-15(24-2)16(11-13)25-3/h7-8,11,14H,4-6,9-10,12H2,1-3H3,(H,19,23)(H,20,22). The van der Waals surface area contributed by atoms with Gasteiger partial charge in [0.1, 0.15) is 6.04 Å². The number of hydrogen-bond acceptors (Lipinski definition) is 5. The van der Waals surface area contributed by atoms with E-state index in [-0.39, 0.29) is 11.8 Å². The Bertz CT molecular complexity index is 600. The molecule has 25 heavy (non-hydrogen) atoms. The lowest BCUT2D eigenvalue weighted by Gasteiger charge is -2.30. The van der Waals surface area contributed by atoms with E-state index >= 15 is 0 Å². The largest absolute Gasteiger partial charge is 0.493 e. The molecule has 0 saturated carbocycles. The first-order valence-corrected chi connectivity index (χ1v) is 8.56. The van der Waals surface area contributed by atoms with E-state index in [4.69, 9.17) is 9.47 Å². The van der Waals surface area contributed by atoms with Gasteiger partial charge in [0, 0.05) is 19.2 Å². The number of benzene rings is 1. The van der Waals surface area contributed by atoms with Gasteiger partial charge in [0.2, 0.25) is 5.91 Å². The SMILES string of the molecule is CNC(=O)C(CN1CCCCC1)NC(=O)c1ccc(OC)c(OC)c1. The molecule has 2 amide bonds. The molecule has 0 aromatic heterocycles. The fraction of sp³-hybridized carbons (Fsp3) is 0.556. The summed E-state index contributed by atoms with van der Waals surface area (Å²) < 4.78 is 10.4. The van der Waals surface area contributed by atoms with Crippen LogP contribution in [0.5, 0.6) is 11.5 Å². The van der Waals surface area contributed by atoms with Gasteiger partial charge in [0.05, 0.1) is 14.2 Å². The van der Waals surface area contributed by atoms with Crippen molar-refractivity contribution in [1.29, 1.82) is 0 Å². The summed E-state index contributed by atoms with van der Waals surface area (Å²) in [6.07, 6.45) is 3.48. The van der Waals surface area contributed by atoms with Crippen LogP contribution in [0.4, 0.5) is 0 Å². The second-order valence-electron chi connectivity index (χ2n) is 6.07. The van der Waals surface area contributed by atoms with Gasteiger partial charge in [-0.25, -0.2) is 0 Å². The van der Waals surface area contributed by atoms with E-state index in [9.17, 15) is 9.59 Å². The number of amides is 2. The van der Waals surface area contributed by atoms with Crippen molar-refractivity contribution in [2.45, 2.75) is 25.3 Å². The Hall–Kier alpha value is -2.28. The van der Waals surface area contributed by atoms with Crippen LogP contribution in [0.15, 0.2) is 18.2 Å². The number of methoxy groups -OCH3 is 2. The van der Waals surface area contributed by atoms with E-state index in [1.807, 2.05) is 0 Å². The molecule has 1 fully saturated rings. The lowest BCUT2D eigenvalue weighted by molar-refractivity contribution is -0.123. The van der Waals surface area contributed by atoms with E-state index in [0.717, 1.165) is 25.9 Å². The van der Waals surface area contributed by atoms with Gasteiger partial charge in [-0.2, -0.15) is 0 Å². The highest BCUT2D eigenvalue weighted by Gasteiger charge is 2.24. The molecule has 0 radical (unpaired) electrons. The molecule has 1 aromatic carbocycles. The second kappa shape index (κ2) is 9.27. The van der Waals surface area contributed by atoms with E-state index in [1.165, 1.54) is 20.6 Å². The molecule has 0 bridgehead atoms. The Morgan fingerprint density at radius 2 is 1.80 bits per heavy atom. The summed E-state index contributed by atoms with van der Waals surface area (Å²) in [7, 11) is 4.63. The van der Waals surface area contributed by atoms with Crippen molar-refractivity contribution in [3.8, 4) is 11.5 Å². The van der Waals surface area contributed by atoms with Gasteiger partial charge in [0.25, 0.3) is 5.91 Å². The van der Waals surface area contributed by atoms with Crippen LogP contribution < -0.4 is 20.1 Å². The van der Waals surface area contributed by atoms with Crippen LogP contribution in [-0.2, 0) is 4.79 Å². The molecule has 0 aliphatic carbocycles. The van der Waals surface area contributed by atoms with Crippen LogP contribution in [0.2, 0.25) is 0 Å². The van der Waals surface area contributed by atoms with Crippen molar-refractivity contribution < 1.29 is 19.1 Å². The van der Waals surface area contributed by atoms with Crippen LogP contribution in [0, 0.1) is 0 Å². The first-order chi connectivity index (χ1) is 12.1. The van der Waals surface area contributed by atoms with Gasteiger partial charge in [-0.1, -0.05) is 6.42 Å². The summed E-state index contributed by atoms with van der Waals surface area (Å²) >= 11 is 0. The number of carbonyl (C=O) groups excluding carboxylic acids is 2. The molecule has 1 unspecified atom stereocenters. The third-order valence-electron chi connectivity index (χ3n) is 4.40. The third kappa shape index (κ3) is 5.09. The molecule has 1 aliphatic rings. The minimum atomic E-state index is -0.594. The number of carbonyl (C=O) groups is 2. The Morgan fingerprint density at radius 1 is 1.12 bits per heavy atom. The number of likely N-dealkylation sites (tertiary alicyclic amines) is 1. The summed E-state index contributed by atoms with van der Waals surface area (Å²) in [5.41, 5.74) is 0.421. The Balaban J connectivity index is 2.08. The van der Waals surface area contributed by atoms with Crippen LogP contribution in [0.25, 0.3) is 0 Å². The van der Waals surface area contributed by atoms with Crippen LogP contribution in [-0.4, -0.2) is 63.7 Å². The lowest BCUT2D eigenvalue weighted by Crippen LogP contribution is -2.52. The van der Waals surface area contributed by atoms with Crippen molar-refractivity contribution in [3.05, 3.63) is 23.8 Å². The zero-order valence-corrected chi connectivity index (χ0v) is 15.1. The maximum atomic E-state index is 12.6. The smallest absolute Gasteiger partial charge is 0.252 e. The average molecular weight is 349 g/mol. The molecule has 1 heterocycles. The lowest BCUT2D eigenvalue weighted by atomic mass is 10.1. The minimum Gasteiger partial charge on any atom is -0.493 e. The van der Waals surface area contributed by atoms with Crippen LogP contribution >= 0.6 is 0 Å². The summed E-state index contributed by atoms with van der Waals surface area (Å²) in [6.45, 7) is 2.43. The first kappa shape index (κ1) is 19.1. The van der Waals surface area contributed by atoms with Gasteiger partial charge >= 0.3 is 0 Å². The molecule has 2 rings (SSSR count). The zero-order chi connectivity index (χ0) is 18.2. The molecule has 1 saturated heterocycles. The third-order valence-corrected chi connectivity index (χ3v) is 4.40. The van der Waals surface area contributed by atoms with Crippen LogP contribution in [0.3, 0.4) is 0 Å². The summed E-state index contributed by atoms with van der Waals surface area (Å²) in [6, 6.07) is 4.34. The summed E-state index contributed by atoms with van der Waals surface area (Å²) in [5.74, 6) is 0.517. The fourth-order valence-electron chi connectivity index (χ4n) is 2.99. The Labute approximate surface area is 148 Å². The second-order valence-corrected chi connectivity index (χ2v) is 6.07. The summed E-state index contributed by atoms with van der Waals surface area (Å²) in [5, 5.41) is 5.46. The van der Waals surface area contributed by atoms with Crippen molar-refractivity contribution >= 4 is 11.8 Å². The Kier molecular flexibility index (Phi) is 7.06. The number of hydrogen-bond donors (Lipinski definition) is 2. The van der Waals surface area contributed by atoms with Gasteiger partial charge in [-0.3, -0.25) is 9.59 Å². The fourth-order valence-corrected chi connectivity index (χ4v) is 2.99. The van der Waals surface area contributed by atoms with E-state index < -0.39 is 6.04 Å². The van der Waals surface area contributed by atoms with Gasteiger partial charge in [-0.05, 0) is 44.1 Å². The molecular formula is C18H27N3O4. The molecule has 2 N–H and O–H groups in total. The number of ether oxygens (including phenoxy) is 2. The normalized spacial score (nSPS) is 16.0. The molecule has 1 aromatic rings. The molecule has 7 nitrogen and oxygen atoms in total. The highest BCUT2D eigenvalue weighted by molar-refractivity contribution is 5.98. The molecule has 1 atom stereocenters. The van der Waals surface area contributed by atoms with Gasteiger partial charge < -0.3 is 25.0 Å². The number of nitrogens with zero attached hydrogens (tertiary/aromatic N) is 1. The maximum absolute atomic E-state index is 12.6. The number of nitrogens with one attached hydrogen (secondary N) is 2. The van der Waals surface area contributed by atoms with Crippen molar-refractivity contribution in [2.24, 2.45) is 0 Å². The molecule has 0 spiro atoms. The molecule has 1 aliphatic heterocycles. The zero-order valence-electron chi connectivity index (χ0n) is 15.1. The average Bonchev–Trinajstić information content (AvgIpc) is 2.66. The van der Waals surface area contributed by atoms with Gasteiger partial charge in [0.15, 0.2) is 11.5 Å². The molecule has 138 valence electrons. The monoisotopic (exact) mass is 349 g/mol. The molecule has 7 heteroatoms. The van der Waals surface area contributed by atoms with Crippen LogP contribution in [0.1, 0.15) is 29.6 Å². The topological polar surface area (TPSA) is 79.9 Å². The van der Waals surface area contributed by atoms with E-state index in [2.05, 4.69) is 15.5 Å². The number of likely N-dealkylation sites (N-methyl/N-ethyl adjacent to an activating group) is 1. The minimum absolute atomic E-state index is 0.195. The van der Waals surface area contributed by atoms with Crippen molar-refractivity contribution in [1.82, 2.24) is 15.5 Å². The van der Waals surface area contributed by atoms with E-state index in [1.54, 1.807) is 25.2 Å². The van der Waals surface area contributed by atoms with Crippen molar-refractivity contribution in [3.63, 3.8) is 0 Å². The predicted molar refractivity (Wildman–Crippen MR) is 95.2 cm³/mol. The number of rotatable bonds is 7. The summed E-state index contributed by atoms with van der Waals surface area (Å²) in [4.78, 5) is 27.0. The highest BCUT2D eigenvalue weighted by Crippen LogP contribution is 2.27. The van der Waals surface area contributed by atoms with Crippen molar-refractivity contribution in [2.75, 3.05) is 40.9 Å². The number of piperidine rings is 1. The first-order valence-electron chi connectivity index (χ1n) is 8.56. The predicted octanol–water partition coefficient (Wildman–Crippen LogP) is 1.03. The Morgan fingerprint density at radius 3 is 2.40 bits per heavy atom. The van der Waals surface area contributed by atoms with Gasteiger partial charge in [-0.15, -0.1) is 0 Å². The highest BCUT2D eigenvalue weighted by atomic mass is 16.5. The quantitative estimate of drug-likeness (QED) is 0.769. The maximum Gasteiger partial charge on any atom is 0.252 e.